The van der Waals surface area contributed by atoms with Crippen molar-refractivity contribution in [3.63, 3.8) is 0 Å². The molecule has 5 nitrogen and oxygen atoms in total. The fourth-order valence-corrected chi connectivity index (χ4v) is 3.51. The third-order valence-electron chi connectivity index (χ3n) is 3.98. The van der Waals surface area contributed by atoms with E-state index in [-0.39, 0.29) is 0 Å². The van der Waals surface area contributed by atoms with Gasteiger partial charge >= 0.3 is 0 Å². The Morgan fingerprint density at radius 3 is 2.43 bits per heavy atom. The highest BCUT2D eigenvalue weighted by atomic mass is 32.2. The molecule has 3 rings (SSSR count). The number of methoxy groups -OCH3 is 2. The van der Waals surface area contributed by atoms with Gasteiger partial charge in [-0.1, -0.05) is 6.07 Å². The van der Waals surface area contributed by atoms with Crippen LogP contribution in [0.1, 0.15) is 11.3 Å². The van der Waals surface area contributed by atoms with Crippen LogP contribution in [0.3, 0.4) is 0 Å². The van der Waals surface area contributed by atoms with E-state index in [2.05, 4.69) is 9.97 Å². The molecule has 0 saturated carbocycles. The first-order chi connectivity index (χ1) is 13.5. The third-order valence-corrected chi connectivity index (χ3v) is 5.14. The molecule has 0 atom stereocenters. The van der Waals surface area contributed by atoms with E-state index in [9.17, 15) is 8.78 Å². The molecule has 0 unspecified atom stereocenters. The quantitative estimate of drug-likeness (QED) is 0.417. The van der Waals surface area contributed by atoms with E-state index < -0.39 is 11.9 Å². The molecule has 0 aliphatic rings. The van der Waals surface area contributed by atoms with Gasteiger partial charge in [0.1, 0.15) is 17.3 Å². The maximum Gasteiger partial charge on any atom is 0.214 e. The van der Waals surface area contributed by atoms with E-state index in [1.54, 1.807) is 49.7 Å². The van der Waals surface area contributed by atoms with Crippen LogP contribution in [0, 0.1) is 18.8 Å². The van der Waals surface area contributed by atoms with Gasteiger partial charge in [0.2, 0.25) is 11.9 Å². The summed E-state index contributed by atoms with van der Waals surface area (Å²) >= 11 is 1.30. The molecule has 3 aromatic rings. The van der Waals surface area contributed by atoms with Crippen molar-refractivity contribution in [1.82, 2.24) is 9.97 Å². The Kier molecular flexibility index (Phi) is 6.30. The highest BCUT2D eigenvalue weighted by molar-refractivity contribution is 8.00. The predicted molar refractivity (Wildman–Crippen MR) is 105 cm³/mol. The Hall–Kier alpha value is -2.87. The monoisotopic (exact) mass is 403 g/mol. The number of hydrogen-bond donors (Lipinski definition) is 0. The summed E-state index contributed by atoms with van der Waals surface area (Å²) in [5.41, 5.74) is 1.39. The van der Waals surface area contributed by atoms with Gasteiger partial charge in [-0.25, -0.2) is 9.97 Å². The minimum atomic E-state index is -0.584. The molecule has 146 valence electrons. The van der Waals surface area contributed by atoms with E-state index in [1.165, 1.54) is 24.1 Å². The predicted octanol–water partition coefficient (Wildman–Crippen LogP) is 4.79. The minimum Gasteiger partial charge on any atom is -0.497 e. The number of aryl methyl sites for hydroxylation is 1. The Balaban J connectivity index is 1.97. The Bertz CT molecular complexity index is 972. The number of halogens is 2. The fraction of sp³-hybridized carbons (Fsp3) is 0.200. The zero-order chi connectivity index (χ0) is 20.1. The highest BCUT2D eigenvalue weighted by Gasteiger charge is 2.17. The lowest BCUT2D eigenvalue weighted by atomic mass is 10.2. The van der Waals surface area contributed by atoms with Crippen molar-refractivity contribution in [3.05, 3.63) is 71.7 Å². The van der Waals surface area contributed by atoms with Crippen LogP contribution >= 0.6 is 11.9 Å². The van der Waals surface area contributed by atoms with Gasteiger partial charge in [0.05, 0.1) is 31.4 Å². The van der Waals surface area contributed by atoms with E-state index in [0.717, 1.165) is 10.5 Å². The van der Waals surface area contributed by atoms with Gasteiger partial charge < -0.3 is 9.47 Å². The van der Waals surface area contributed by atoms with Crippen LogP contribution in [0.25, 0.3) is 0 Å². The van der Waals surface area contributed by atoms with Crippen molar-refractivity contribution < 1.29 is 18.3 Å². The van der Waals surface area contributed by atoms with Gasteiger partial charge in [0, 0.05) is 11.6 Å². The molecule has 0 saturated heterocycles. The third kappa shape index (κ3) is 4.69. The molecule has 0 radical (unpaired) electrons. The second kappa shape index (κ2) is 8.88. The molecule has 8 heteroatoms. The van der Waals surface area contributed by atoms with Crippen molar-refractivity contribution in [2.75, 3.05) is 18.5 Å². The average Bonchev–Trinajstić information content (AvgIpc) is 2.69. The number of rotatable bonds is 7. The second-order valence-corrected chi connectivity index (χ2v) is 6.90. The number of hydrogen-bond acceptors (Lipinski definition) is 6. The minimum absolute atomic E-state index is 0.366. The van der Waals surface area contributed by atoms with Crippen LogP contribution < -0.4 is 13.8 Å². The number of aromatic nitrogens is 2. The van der Waals surface area contributed by atoms with Crippen molar-refractivity contribution in [1.29, 1.82) is 0 Å². The molecule has 0 spiro atoms. The maximum absolute atomic E-state index is 13.7. The zero-order valence-corrected chi connectivity index (χ0v) is 16.5. The van der Waals surface area contributed by atoms with Crippen LogP contribution in [0.4, 0.5) is 14.6 Å². The molecule has 2 aromatic heterocycles. The molecule has 28 heavy (non-hydrogen) atoms. The molecule has 0 aliphatic heterocycles. The topological polar surface area (TPSA) is 47.5 Å². The summed E-state index contributed by atoms with van der Waals surface area (Å²) in [6, 6.07) is 13.0. The van der Waals surface area contributed by atoms with Crippen LogP contribution in [0.15, 0.2) is 53.4 Å². The van der Waals surface area contributed by atoms with E-state index in [0.29, 0.717) is 29.6 Å². The van der Waals surface area contributed by atoms with Crippen LogP contribution in [-0.2, 0) is 6.54 Å². The van der Waals surface area contributed by atoms with Gasteiger partial charge in [-0.15, -0.1) is 0 Å². The van der Waals surface area contributed by atoms with Crippen molar-refractivity contribution >= 4 is 17.8 Å². The van der Waals surface area contributed by atoms with E-state index in [1.807, 2.05) is 12.1 Å². The first-order valence-corrected chi connectivity index (χ1v) is 9.19. The van der Waals surface area contributed by atoms with E-state index >= 15 is 0 Å². The van der Waals surface area contributed by atoms with Crippen molar-refractivity contribution in [2.24, 2.45) is 0 Å². The summed E-state index contributed by atoms with van der Waals surface area (Å²) in [6.07, 6.45) is 0. The first kappa shape index (κ1) is 19.9. The highest BCUT2D eigenvalue weighted by Crippen LogP contribution is 2.34. The molecule has 0 N–H and O–H groups in total. The first-order valence-electron chi connectivity index (χ1n) is 8.42. The number of nitrogens with zero attached hydrogens (tertiary/aromatic N) is 3. The summed E-state index contributed by atoms with van der Waals surface area (Å²) in [4.78, 5) is 8.57. The normalized spacial score (nSPS) is 10.6. The summed E-state index contributed by atoms with van der Waals surface area (Å²) in [6.45, 7) is 2.08. The fourth-order valence-electron chi connectivity index (χ4n) is 2.57. The maximum atomic E-state index is 13.7. The molecular formula is C20H19F2N3O2S. The zero-order valence-electron chi connectivity index (χ0n) is 15.6. The number of ether oxygens (including phenoxy) is 2. The number of pyridine rings is 2. The molecule has 0 fully saturated rings. The van der Waals surface area contributed by atoms with Crippen LogP contribution in [0.5, 0.6) is 11.5 Å². The lowest BCUT2D eigenvalue weighted by Gasteiger charge is -2.24. The molecule has 0 aliphatic carbocycles. The molecule has 0 bridgehead atoms. The Labute approximate surface area is 166 Å². The van der Waals surface area contributed by atoms with Crippen molar-refractivity contribution in [2.45, 2.75) is 18.4 Å². The Morgan fingerprint density at radius 1 is 0.964 bits per heavy atom. The smallest absolute Gasteiger partial charge is 0.214 e. The van der Waals surface area contributed by atoms with Gasteiger partial charge in [0.25, 0.3) is 0 Å². The summed E-state index contributed by atoms with van der Waals surface area (Å²) in [5, 5.41) is 0. The van der Waals surface area contributed by atoms with Gasteiger partial charge in [-0.2, -0.15) is 8.78 Å². The molecule has 2 heterocycles. The van der Waals surface area contributed by atoms with E-state index in [4.69, 9.17) is 9.47 Å². The SMILES string of the molecule is COc1ccc(CN(Sc2ccc(F)nc2C)c2cccc(F)n2)c(OC)c1. The molecular weight excluding hydrogens is 384 g/mol. The lowest BCUT2D eigenvalue weighted by Crippen LogP contribution is -2.16. The Morgan fingerprint density at radius 2 is 1.75 bits per heavy atom. The number of anilines is 1. The summed E-state index contributed by atoms with van der Waals surface area (Å²) in [5.74, 6) is 0.594. The second-order valence-electron chi connectivity index (χ2n) is 5.84. The summed E-state index contributed by atoms with van der Waals surface area (Å²) in [7, 11) is 3.15. The molecule has 0 amide bonds. The van der Waals surface area contributed by atoms with Crippen molar-refractivity contribution in [3.8, 4) is 11.5 Å². The summed E-state index contributed by atoms with van der Waals surface area (Å²) < 4.78 is 39.6. The average molecular weight is 403 g/mol. The van der Waals surface area contributed by atoms with Crippen LogP contribution in [-0.4, -0.2) is 24.2 Å². The van der Waals surface area contributed by atoms with Gasteiger partial charge in [-0.05, 0) is 55.3 Å². The molecule has 1 aromatic carbocycles. The lowest BCUT2D eigenvalue weighted by molar-refractivity contribution is 0.391. The van der Waals surface area contributed by atoms with Gasteiger partial charge in [-0.3, -0.25) is 4.31 Å². The van der Waals surface area contributed by atoms with Gasteiger partial charge in [0.15, 0.2) is 0 Å². The standard InChI is InChI=1S/C20H19F2N3O2S/c1-13-17(9-10-19(22)23-13)28-25(20-6-4-5-18(21)24-20)12-14-7-8-15(26-2)11-16(14)27-3/h4-11H,12H2,1-3H3. The number of benzene rings is 1. The van der Waals surface area contributed by atoms with Crippen LogP contribution in [0.2, 0.25) is 0 Å². The largest absolute Gasteiger partial charge is 0.497 e.